The van der Waals surface area contributed by atoms with Crippen molar-refractivity contribution >= 4 is 15.9 Å². The van der Waals surface area contributed by atoms with Crippen molar-refractivity contribution in [3.63, 3.8) is 0 Å². The largest absolute Gasteiger partial charge is 0.355 e. The average molecular weight is 506 g/mol. The van der Waals surface area contributed by atoms with E-state index in [9.17, 15) is 13.2 Å². The molecule has 3 aromatic carbocycles. The molecule has 2 unspecified atom stereocenters. The monoisotopic (exact) mass is 505 g/mol. The van der Waals surface area contributed by atoms with Gasteiger partial charge in [0.1, 0.15) is 0 Å². The van der Waals surface area contributed by atoms with E-state index in [0.717, 1.165) is 16.7 Å². The minimum Gasteiger partial charge on any atom is -0.355 e. The van der Waals surface area contributed by atoms with Crippen LogP contribution >= 0.6 is 0 Å². The third kappa shape index (κ3) is 6.60. The Morgan fingerprint density at radius 2 is 1.44 bits per heavy atom. The Labute approximate surface area is 214 Å². The van der Waals surface area contributed by atoms with Crippen LogP contribution in [0.15, 0.2) is 89.8 Å². The molecule has 1 saturated heterocycles. The summed E-state index contributed by atoms with van der Waals surface area (Å²) in [7, 11) is -3.67. The van der Waals surface area contributed by atoms with Gasteiger partial charge in [0.05, 0.1) is 10.8 Å². The van der Waals surface area contributed by atoms with Crippen LogP contribution in [-0.2, 0) is 14.8 Å². The molecule has 0 saturated carbocycles. The molecule has 3 N–H and O–H groups in total. The first kappa shape index (κ1) is 26.1. The van der Waals surface area contributed by atoms with Crippen LogP contribution in [0.25, 0.3) is 0 Å². The highest BCUT2D eigenvalue weighted by Gasteiger charge is 2.30. The van der Waals surface area contributed by atoms with Gasteiger partial charge in [-0.05, 0) is 41.2 Å². The van der Waals surface area contributed by atoms with Gasteiger partial charge >= 0.3 is 0 Å². The molecule has 0 bridgehead atoms. The lowest BCUT2D eigenvalue weighted by atomic mass is 9.90. The number of hydrogen-bond donors (Lipinski definition) is 3. The lowest BCUT2D eigenvalue weighted by Crippen LogP contribution is -2.52. The second-order valence-electron chi connectivity index (χ2n) is 9.75. The van der Waals surface area contributed by atoms with Crippen LogP contribution in [-0.4, -0.2) is 40.0 Å². The first-order valence-electron chi connectivity index (χ1n) is 12.5. The fourth-order valence-corrected chi connectivity index (χ4v) is 5.95. The number of piperidine rings is 1. The Morgan fingerprint density at radius 1 is 0.861 bits per heavy atom. The molecule has 7 heteroatoms. The number of nitrogens with one attached hydrogen (secondary N) is 3. The van der Waals surface area contributed by atoms with E-state index in [1.807, 2.05) is 48.5 Å². The van der Waals surface area contributed by atoms with Crippen molar-refractivity contribution in [2.75, 3.05) is 19.6 Å². The number of carbonyl (C=O) groups is 1. The Kier molecular flexibility index (Phi) is 8.56. The van der Waals surface area contributed by atoms with Crippen molar-refractivity contribution in [1.82, 2.24) is 15.4 Å². The third-order valence-corrected chi connectivity index (χ3v) is 8.32. The summed E-state index contributed by atoms with van der Waals surface area (Å²) < 4.78 is 28.7. The van der Waals surface area contributed by atoms with Crippen molar-refractivity contribution in [1.29, 1.82) is 0 Å². The summed E-state index contributed by atoms with van der Waals surface area (Å²) in [6.45, 7) is 5.63. The number of hydrogen-bond acceptors (Lipinski definition) is 4. The highest BCUT2D eigenvalue weighted by Crippen LogP contribution is 2.24. The molecule has 1 fully saturated rings. The van der Waals surface area contributed by atoms with Gasteiger partial charge in [0.25, 0.3) is 0 Å². The fourth-order valence-electron chi connectivity index (χ4n) is 4.70. The molecule has 1 heterocycles. The van der Waals surface area contributed by atoms with Crippen molar-refractivity contribution in [2.45, 2.75) is 43.0 Å². The number of carbonyl (C=O) groups excluding carboxylic acids is 1. The van der Waals surface area contributed by atoms with Crippen LogP contribution in [0.5, 0.6) is 0 Å². The average Bonchev–Trinajstić information content (AvgIpc) is 2.90. The third-order valence-electron chi connectivity index (χ3n) is 6.78. The van der Waals surface area contributed by atoms with Gasteiger partial charge in [-0.3, -0.25) is 4.79 Å². The minimum atomic E-state index is -3.67. The van der Waals surface area contributed by atoms with Crippen molar-refractivity contribution in [3.8, 4) is 0 Å². The molecule has 0 radical (unpaired) electrons. The molecular formula is C29H35N3O3S. The van der Waals surface area contributed by atoms with E-state index in [1.165, 1.54) is 0 Å². The maximum Gasteiger partial charge on any atom is 0.240 e. The van der Waals surface area contributed by atoms with Crippen LogP contribution < -0.4 is 15.4 Å². The Balaban J connectivity index is 1.38. The van der Waals surface area contributed by atoms with Crippen molar-refractivity contribution < 1.29 is 13.2 Å². The van der Waals surface area contributed by atoms with E-state index >= 15 is 0 Å². The van der Waals surface area contributed by atoms with Gasteiger partial charge in [0.2, 0.25) is 15.9 Å². The van der Waals surface area contributed by atoms with E-state index in [0.29, 0.717) is 32.0 Å². The lowest BCUT2D eigenvalue weighted by molar-refractivity contribution is -0.125. The van der Waals surface area contributed by atoms with E-state index in [1.54, 1.807) is 12.1 Å². The summed E-state index contributed by atoms with van der Waals surface area (Å²) >= 11 is 0. The van der Waals surface area contributed by atoms with Crippen molar-refractivity contribution in [2.24, 2.45) is 5.92 Å². The lowest BCUT2D eigenvalue weighted by Gasteiger charge is -2.30. The molecule has 0 spiro atoms. The molecule has 6 nitrogen and oxygen atoms in total. The molecule has 1 amide bonds. The number of benzene rings is 3. The summed E-state index contributed by atoms with van der Waals surface area (Å²) in [5.41, 5.74) is 3.37. The molecular weight excluding hydrogens is 470 g/mol. The van der Waals surface area contributed by atoms with Gasteiger partial charge < -0.3 is 10.6 Å². The first-order chi connectivity index (χ1) is 17.3. The van der Waals surface area contributed by atoms with E-state index in [4.69, 9.17) is 0 Å². The molecule has 4 rings (SSSR count). The molecule has 0 aliphatic carbocycles. The Bertz CT molecular complexity index is 1190. The van der Waals surface area contributed by atoms with Gasteiger partial charge in [-0.15, -0.1) is 0 Å². The second kappa shape index (κ2) is 11.8. The first-order valence-corrected chi connectivity index (χ1v) is 14.0. The van der Waals surface area contributed by atoms with Gasteiger partial charge in [0, 0.05) is 31.6 Å². The predicted molar refractivity (Wildman–Crippen MR) is 143 cm³/mol. The van der Waals surface area contributed by atoms with E-state index in [2.05, 4.69) is 53.5 Å². The van der Waals surface area contributed by atoms with Crippen LogP contribution in [0, 0.1) is 5.92 Å². The van der Waals surface area contributed by atoms with Gasteiger partial charge in [-0.2, -0.15) is 0 Å². The van der Waals surface area contributed by atoms with E-state index in [-0.39, 0.29) is 28.7 Å². The minimum absolute atomic E-state index is 0.0380. The molecule has 0 aromatic heterocycles. The summed E-state index contributed by atoms with van der Waals surface area (Å²) in [6.07, 6.45) is 0.448. The van der Waals surface area contributed by atoms with Crippen LogP contribution in [0.4, 0.5) is 0 Å². The molecule has 3 aromatic rings. The van der Waals surface area contributed by atoms with Gasteiger partial charge in [-0.1, -0.05) is 86.6 Å². The zero-order valence-corrected chi connectivity index (χ0v) is 21.7. The number of sulfonamides is 1. The standard InChI is InChI=1S/C29H35N3O3S/c1-21(2)22-13-15-27(16-14-22)36(34,35)32-26-17-25(18-30-19-26)29(33)31-20-28(23-9-5-3-6-10-23)24-11-7-4-8-12-24/h3-16,21,25-26,28,30,32H,17-20H2,1-2H3,(H,31,33). The molecule has 36 heavy (non-hydrogen) atoms. The van der Waals surface area contributed by atoms with Crippen LogP contribution in [0.2, 0.25) is 0 Å². The van der Waals surface area contributed by atoms with Crippen LogP contribution in [0.3, 0.4) is 0 Å². The fraction of sp³-hybridized carbons (Fsp3) is 0.345. The quantitative estimate of drug-likeness (QED) is 0.410. The highest BCUT2D eigenvalue weighted by atomic mass is 32.2. The highest BCUT2D eigenvalue weighted by molar-refractivity contribution is 7.89. The van der Waals surface area contributed by atoms with Crippen LogP contribution in [0.1, 0.15) is 48.8 Å². The topological polar surface area (TPSA) is 87.3 Å². The second-order valence-corrected chi connectivity index (χ2v) is 11.5. The molecule has 1 aliphatic heterocycles. The Morgan fingerprint density at radius 3 is 2.00 bits per heavy atom. The van der Waals surface area contributed by atoms with Crippen molar-refractivity contribution in [3.05, 3.63) is 102 Å². The SMILES string of the molecule is CC(C)c1ccc(S(=O)(=O)NC2CNCC(C(=O)NCC(c3ccccc3)c3ccccc3)C2)cc1. The maximum atomic E-state index is 13.1. The van der Waals surface area contributed by atoms with E-state index < -0.39 is 10.0 Å². The molecule has 190 valence electrons. The maximum absolute atomic E-state index is 13.1. The zero-order valence-electron chi connectivity index (χ0n) is 20.9. The van der Waals surface area contributed by atoms with Gasteiger partial charge in [-0.25, -0.2) is 13.1 Å². The zero-order chi connectivity index (χ0) is 25.5. The Hall–Kier alpha value is -3.00. The summed E-state index contributed by atoms with van der Waals surface area (Å²) in [5, 5.41) is 6.35. The molecule has 1 aliphatic rings. The smallest absolute Gasteiger partial charge is 0.240 e. The normalized spacial score (nSPS) is 18.3. The van der Waals surface area contributed by atoms with Gasteiger partial charge in [0.15, 0.2) is 0 Å². The number of rotatable bonds is 9. The summed E-state index contributed by atoms with van der Waals surface area (Å²) in [4.78, 5) is 13.4. The summed E-state index contributed by atoms with van der Waals surface area (Å²) in [5.74, 6) is -0.0116. The molecule has 2 atom stereocenters. The predicted octanol–water partition coefficient (Wildman–Crippen LogP) is 4.01. The number of amides is 1. The summed E-state index contributed by atoms with van der Waals surface area (Å²) in [6, 6.07) is 26.9.